The van der Waals surface area contributed by atoms with Crippen molar-refractivity contribution in [3.8, 4) is 0 Å². The standard InChI is InChI=1S/C22H34O5/c1-12-15-6-5-14-11-16-18(24)21(14,20(15,3)8-7-17(12)23)9-10-22(16)19(25-4)26-13(2)27-22/h5-6,12-19,23-24H,7-11H2,1-4H3/t12-,13+,14+,15-,16+,17-,18-,19-,20-,21+,22+/m0/s1. The topological polar surface area (TPSA) is 68.2 Å². The van der Waals surface area contributed by atoms with Crippen LogP contribution in [0.4, 0.5) is 0 Å². The quantitative estimate of drug-likeness (QED) is 0.687. The Kier molecular flexibility index (Phi) is 3.98. The maximum atomic E-state index is 11.8. The number of aliphatic hydroxyl groups is 2. The summed E-state index contributed by atoms with van der Waals surface area (Å²) in [6.45, 7) is 6.47. The molecule has 1 saturated heterocycles. The highest BCUT2D eigenvalue weighted by Crippen LogP contribution is 2.73. The van der Waals surface area contributed by atoms with E-state index in [-0.39, 0.29) is 35.1 Å². The van der Waals surface area contributed by atoms with Crippen molar-refractivity contribution in [2.75, 3.05) is 7.11 Å². The number of fused-ring (bicyclic) bond motifs is 3. The van der Waals surface area contributed by atoms with Crippen LogP contribution in [0.3, 0.4) is 0 Å². The Morgan fingerprint density at radius 2 is 1.89 bits per heavy atom. The molecule has 0 radical (unpaired) electrons. The van der Waals surface area contributed by atoms with E-state index in [2.05, 4.69) is 26.0 Å². The van der Waals surface area contributed by atoms with Crippen LogP contribution in [0, 0.1) is 34.5 Å². The van der Waals surface area contributed by atoms with Crippen LogP contribution in [0.2, 0.25) is 0 Å². The van der Waals surface area contributed by atoms with Gasteiger partial charge < -0.3 is 24.4 Å². The van der Waals surface area contributed by atoms with Crippen LogP contribution in [0.1, 0.15) is 52.9 Å². The Morgan fingerprint density at radius 3 is 2.63 bits per heavy atom. The Bertz CT molecular complexity index is 651. The summed E-state index contributed by atoms with van der Waals surface area (Å²) in [4.78, 5) is 0. The van der Waals surface area contributed by atoms with Crippen LogP contribution in [0.15, 0.2) is 12.2 Å². The Labute approximate surface area is 162 Å². The van der Waals surface area contributed by atoms with Gasteiger partial charge in [0.25, 0.3) is 0 Å². The fraction of sp³-hybridized carbons (Fsp3) is 0.909. The van der Waals surface area contributed by atoms with E-state index in [4.69, 9.17) is 14.2 Å². The zero-order chi connectivity index (χ0) is 19.2. The smallest absolute Gasteiger partial charge is 0.189 e. The summed E-state index contributed by atoms with van der Waals surface area (Å²) < 4.78 is 17.9. The van der Waals surface area contributed by atoms with Gasteiger partial charge in [0.05, 0.1) is 12.2 Å². The minimum absolute atomic E-state index is 0.00842. The van der Waals surface area contributed by atoms with E-state index in [9.17, 15) is 10.2 Å². The highest BCUT2D eigenvalue weighted by molar-refractivity contribution is 5.28. The van der Waals surface area contributed by atoms with Crippen LogP contribution < -0.4 is 0 Å². The van der Waals surface area contributed by atoms with Crippen molar-refractivity contribution >= 4 is 0 Å². The third-order valence-electron chi connectivity index (χ3n) is 9.43. The summed E-state index contributed by atoms with van der Waals surface area (Å²) in [5.41, 5.74) is -0.672. The molecule has 152 valence electrons. The molecule has 1 aliphatic heterocycles. The van der Waals surface area contributed by atoms with Crippen LogP contribution in [-0.2, 0) is 14.2 Å². The molecule has 0 amide bonds. The minimum Gasteiger partial charge on any atom is -0.393 e. The molecule has 5 heteroatoms. The van der Waals surface area contributed by atoms with Crippen molar-refractivity contribution in [1.29, 1.82) is 0 Å². The largest absolute Gasteiger partial charge is 0.393 e. The average molecular weight is 379 g/mol. The highest BCUT2D eigenvalue weighted by atomic mass is 16.8. The number of methoxy groups -OCH3 is 1. The molecule has 4 fully saturated rings. The van der Waals surface area contributed by atoms with Gasteiger partial charge in [-0.25, -0.2) is 0 Å². The highest BCUT2D eigenvalue weighted by Gasteiger charge is 2.74. The zero-order valence-electron chi connectivity index (χ0n) is 16.9. The van der Waals surface area contributed by atoms with Gasteiger partial charge >= 0.3 is 0 Å². The molecule has 2 bridgehead atoms. The second kappa shape index (κ2) is 5.79. The van der Waals surface area contributed by atoms with Crippen LogP contribution in [0.25, 0.3) is 0 Å². The summed E-state index contributed by atoms with van der Waals surface area (Å²) in [6, 6.07) is 0. The first kappa shape index (κ1) is 18.6. The van der Waals surface area contributed by atoms with Gasteiger partial charge in [0.2, 0.25) is 0 Å². The first-order valence-corrected chi connectivity index (χ1v) is 10.7. The molecule has 0 aromatic rings. The number of allylic oxidation sites excluding steroid dienone is 2. The lowest BCUT2D eigenvalue weighted by atomic mass is 9.42. The third kappa shape index (κ3) is 2.03. The third-order valence-corrected chi connectivity index (χ3v) is 9.43. The van der Waals surface area contributed by atoms with Gasteiger partial charge in [0, 0.05) is 18.4 Å². The average Bonchev–Trinajstić information content (AvgIpc) is 3.06. The van der Waals surface area contributed by atoms with Gasteiger partial charge in [0.15, 0.2) is 12.6 Å². The fourth-order valence-corrected chi connectivity index (χ4v) is 8.13. The molecular weight excluding hydrogens is 344 g/mol. The van der Waals surface area contributed by atoms with Gasteiger partial charge in [-0.3, -0.25) is 0 Å². The van der Waals surface area contributed by atoms with E-state index < -0.39 is 18.0 Å². The van der Waals surface area contributed by atoms with E-state index in [1.807, 2.05) is 6.92 Å². The molecule has 2 N–H and O–H groups in total. The van der Waals surface area contributed by atoms with Crippen LogP contribution in [-0.4, -0.2) is 47.7 Å². The van der Waals surface area contributed by atoms with Gasteiger partial charge in [-0.2, -0.15) is 0 Å². The van der Waals surface area contributed by atoms with Gasteiger partial charge in [-0.1, -0.05) is 26.0 Å². The monoisotopic (exact) mass is 378 g/mol. The predicted molar refractivity (Wildman–Crippen MR) is 99.6 cm³/mol. The molecule has 2 spiro atoms. The summed E-state index contributed by atoms with van der Waals surface area (Å²) in [6.07, 6.45) is 7.83. The van der Waals surface area contributed by atoms with E-state index in [1.54, 1.807) is 7.11 Å². The van der Waals surface area contributed by atoms with Crippen molar-refractivity contribution in [1.82, 2.24) is 0 Å². The van der Waals surface area contributed by atoms with Crippen molar-refractivity contribution in [3.05, 3.63) is 12.2 Å². The molecule has 1 heterocycles. The second-order valence-corrected chi connectivity index (χ2v) is 10.1. The SMILES string of the molecule is CO[C@H]1O[C@@H](C)O[C@@]12CC[C@]13[C@H](C=C[C@H]4[C@H](C)[C@@H](O)CC[C@@]41C)C[C@@H]2[C@@H]3O. The summed E-state index contributed by atoms with van der Waals surface area (Å²) in [5, 5.41) is 22.3. The maximum absolute atomic E-state index is 11.8. The molecule has 3 saturated carbocycles. The fourth-order valence-electron chi connectivity index (χ4n) is 8.13. The lowest BCUT2D eigenvalue weighted by Gasteiger charge is -2.63. The Morgan fingerprint density at radius 1 is 1.11 bits per heavy atom. The normalized spacial score (nSPS) is 61.9. The molecule has 0 aromatic heterocycles. The van der Waals surface area contributed by atoms with E-state index >= 15 is 0 Å². The number of aliphatic hydroxyl groups excluding tert-OH is 2. The molecule has 0 aromatic carbocycles. The van der Waals surface area contributed by atoms with E-state index in [0.717, 1.165) is 32.1 Å². The van der Waals surface area contributed by atoms with Crippen molar-refractivity contribution in [3.63, 3.8) is 0 Å². The predicted octanol–water partition coefficient (Wildman–Crippen LogP) is 2.85. The van der Waals surface area contributed by atoms with Gasteiger partial charge in [0.1, 0.15) is 5.60 Å². The zero-order valence-corrected chi connectivity index (χ0v) is 16.9. The number of ether oxygens (including phenoxy) is 3. The Hall–Kier alpha value is -0.460. The molecule has 27 heavy (non-hydrogen) atoms. The van der Waals surface area contributed by atoms with Crippen molar-refractivity contribution < 1.29 is 24.4 Å². The van der Waals surface area contributed by atoms with Gasteiger partial charge in [-0.05, 0) is 62.2 Å². The number of rotatable bonds is 1. The van der Waals surface area contributed by atoms with E-state index in [1.165, 1.54) is 0 Å². The number of hydrogen-bond acceptors (Lipinski definition) is 5. The maximum Gasteiger partial charge on any atom is 0.189 e. The first-order chi connectivity index (χ1) is 12.8. The molecule has 11 atom stereocenters. The molecule has 5 nitrogen and oxygen atoms in total. The summed E-state index contributed by atoms with van der Waals surface area (Å²) >= 11 is 0. The molecule has 5 rings (SSSR count). The van der Waals surface area contributed by atoms with E-state index in [0.29, 0.717) is 11.8 Å². The molecule has 0 unspecified atom stereocenters. The second-order valence-electron chi connectivity index (χ2n) is 10.1. The van der Waals surface area contributed by atoms with Crippen molar-refractivity contribution in [2.45, 2.75) is 83.3 Å². The molecule has 5 aliphatic rings. The Balaban J connectivity index is 1.57. The lowest BCUT2D eigenvalue weighted by molar-refractivity contribution is -0.227. The molecular formula is C22H34O5. The lowest BCUT2D eigenvalue weighted by Crippen LogP contribution is -2.64. The number of hydrogen-bond donors (Lipinski definition) is 2. The summed E-state index contributed by atoms with van der Waals surface area (Å²) in [5.74, 6) is 0.930. The minimum atomic E-state index is -0.546. The summed E-state index contributed by atoms with van der Waals surface area (Å²) in [7, 11) is 1.67. The van der Waals surface area contributed by atoms with Crippen LogP contribution in [0.5, 0.6) is 0 Å². The van der Waals surface area contributed by atoms with Gasteiger partial charge in [-0.15, -0.1) is 0 Å². The first-order valence-electron chi connectivity index (χ1n) is 10.7. The molecule has 4 aliphatic carbocycles. The van der Waals surface area contributed by atoms with Crippen LogP contribution >= 0.6 is 0 Å². The van der Waals surface area contributed by atoms with Crippen molar-refractivity contribution in [2.24, 2.45) is 34.5 Å².